The van der Waals surface area contributed by atoms with Crippen LogP contribution in [0.5, 0.6) is 0 Å². The number of piperidine rings is 1. The van der Waals surface area contributed by atoms with E-state index in [2.05, 4.69) is 47.9 Å². The van der Waals surface area contributed by atoms with Gasteiger partial charge in [0.05, 0.1) is 5.54 Å². The average Bonchev–Trinajstić information content (AvgIpc) is 2.87. The van der Waals surface area contributed by atoms with Crippen molar-refractivity contribution in [2.45, 2.75) is 44.8 Å². The molecular weight excluding hydrogens is 446 g/mol. The monoisotopic (exact) mass is 481 g/mol. The molecule has 1 unspecified atom stereocenters. The first-order valence-electron chi connectivity index (χ1n) is 12.5. The van der Waals surface area contributed by atoms with E-state index in [1.807, 2.05) is 75.4 Å². The van der Waals surface area contributed by atoms with Gasteiger partial charge in [0.1, 0.15) is 11.0 Å². The minimum absolute atomic E-state index is 0.0871. The van der Waals surface area contributed by atoms with Gasteiger partial charge >= 0.3 is 5.97 Å². The summed E-state index contributed by atoms with van der Waals surface area (Å²) in [4.78, 5) is 29.5. The molecular formula is C32H35NO3. The molecule has 1 atom stereocenters. The molecule has 36 heavy (non-hydrogen) atoms. The van der Waals surface area contributed by atoms with Crippen molar-refractivity contribution in [3.05, 3.63) is 120 Å². The van der Waals surface area contributed by atoms with Gasteiger partial charge in [0, 0.05) is 19.5 Å². The van der Waals surface area contributed by atoms with E-state index in [-0.39, 0.29) is 25.2 Å². The molecule has 1 aliphatic rings. The van der Waals surface area contributed by atoms with Crippen molar-refractivity contribution in [3.63, 3.8) is 0 Å². The summed E-state index contributed by atoms with van der Waals surface area (Å²) < 4.78 is 5.85. The van der Waals surface area contributed by atoms with E-state index < -0.39 is 22.5 Å². The number of hydrogen-bond acceptors (Lipinski definition) is 4. The van der Waals surface area contributed by atoms with Gasteiger partial charge in [0.2, 0.25) is 0 Å². The number of likely N-dealkylation sites (tertiary alicyclic amines) is 1. The maximum absolute atomic E-state index is 13.7. The van der Waals surface area contributed by atoms with Crippen LogP contribution in [0.3, 0.4) is 0 Å². The smallest absolute Gasteiger partial charge is 0.321 e. The topological polar surface area (TPSA) is 46.6 Å². The summed E-state index contributed by atoms with van der Waals surface area (Å²) in [5.74, 6) is -0.566. The molecule has 1 fully saturated rings. The van der Waals surface area contributed by atoms with E-state index in [0.717, 1.165) is 16.7 Å². The van der Waals surface area contributed by atoms with Crippen molar-refractivity contribution in [1.82, 2.24) is 4.90 Å². The lowest BCUT2D eigenvalue weighted by Crippen LogP contribution is -2.61. The second-order valence-electron chi connectivity index (χ2n) is 10.5. The van der Waals surface area contributed by atoms with Crippen LogP contribution in [0.1, 0.15) is 50.3 Å². The fourth-order valence-corrected chi connectivity index (χ4v) is 5.40. The molecule has 186 valence electrons. The van der Waals surface area contributed by atoms with Crippen molar-refractivity contribution < 1.29 is 14.3 Å². The first kappa shape index (κ1) is 25.6. The fraction of sp³-hybridized carbons (Fsp3) is 0.312. The second kappa shape index (κ2) is 10.2. The Bertz CT molecular complexity index is 1100. The highest BCUT2D eigenvalue weighted by Gasteiger charge is 2.55. The lowest BCUT2D eigenvalue weighted by atomic mass is 9.70. The Morgan fingerprint density at radius 3 is 1.72 bits per heavy atom. The van der Waals surface area contributed by atoms with E-state index >= 15 is 0 Å². The van der Waals surface area contributed by atoms with E-state index in [0.29, 0.717) is 6.54 Å². The zero-order valence-electron chi connectivity index (χ0n) is 21.4. The lowest BCUT2D eigenvalue weighted by Gasteiger charge is -2.51. The predicted molar refractivity (Wildman–Crippen MR) is 143 cm³/mol. The minimum atomic E-state index is -1.32. The van der Waals surface area contributed by atoms with E-state index in [4.69, 9.17) is 4.74 Å². The quantitative estimate of drug-likeness (QED) is 0.176. The maximum atomic E-state index is 13.7. The number of benzene rings is 3. The number of nitrogens with zero attached hydrogens (tertiary/aromatic N) is 1. The molecule has 0 aliphatic carbocycles. The molecule has 4 nitrogen and oxygen atoms in total. The van der Waals surface area contributed by atoms with Crippen LogP contribution in [0.15, 0.2) is 104 Å². The number of ketones is 1. The normalized spacial score (nSPS) is 19.0. The van der Waals surface area contributed by atoms with Crippen LogP contribution in [-0.2, 0) is 19.9 Å². The highest BCUT2D eigenvalue weighted by molar-refractivity contribution is 6.05. The van der Waals surface area contributed by atoms with Gasteiger partial charge in [-0.3, -0.25) is 14.5 Å². The van der Waals surface area contributed by atoms with Gasteiger partial charge in [-0.05, 0) is 43.9 Å². The predicted octanol–water partition coefficient (Wildman–Crippen LogP) is 6.16. The molecule has 3 aromatic carbocycles. The van der Waals surface area contributed by atoms with Crippen LogP contribution < -0.4 is 0 Å². The first-order chi connectivity index (χ1) is 17.2. The van der Waals surface area contributed by atoms with Gasteiger partial charge in [-0.15, -0.1) is 6.58 Å². The summed E-state index contributed by atoms with van der Waals surface area (Å²) in [6, 6.07) is 31.0. The van der Waals surface area contributed by atoms with Crippen LogP contribution in [0.25, 0.3) is 0 Å². The number of esters is 1. The van der Waals surface area contributed by atoms with Crippen molar-refractivity contribution >= 4 is 11.8 Å². The molecule has 4 heteroatoms. The molecule has 0 aromatic heterocycles. The standard InChI is InChI=1S/C32H35NO3/c1-5-22-31(29(35)36-30(2,3)4)24-33(23-21-28(31)34)32(25-15-9-6-10-16-25,26-17-11-7-12-18-26)27-19-13-8-14-20-27/h5-20H,1,21-24H2,2-4H3. The van der Waals surface area contributed by atoms with E-state index in [1.54, 1.807) is 6.08 Å². The van der Waals surface area contributed by atoms with E-state index in [1.165, 1.54) is 0 Å². The SMILES string of the molecule is C=CCC1(C(=O)OC(C)(C)C)CN(C(c2ccccc2)(c2ccccc2)c2ccccc2)CCC1=O. The summed E-state index contributed by atoms with van der Waals surface area (Å²) in [6.45, 7) is 10.1. The number of allylic oxidation sites excluding steroid dienone is 1. The molecule has 0 amide bonds. The Balaban J connectivity index is 1.96. The Hall–Kier alpha value is -3.50. The minimum Gasteiger partial charge on any atom is -0.459 e. The molecule has 0 spiro atoms. The molecule has 0 N–H and O–H groups in total. The lowest BCUT2D eigenvalue weighted by molar-refractivity contribution is -0.175. The molecule has 1 aliphatic heterocycles. The Morgan fingerprint density at radius 1 is 0.889 bits per heavy atom. The third kappa shape index (κ3) is 4.66. The van der Waals surface area contributed by atoms with Gasteiger partial charge in [0.25, 0.3) is 0 Å². The molecule has 1 heterocycles. The number of rotatable bonds is 7. The molecule has 0 saturated carbocycles. The summed E-state index contributed by atoms with van der Waals surface area (Å²) in [5, 5.41) is 0. The molecule has 3 aromatic rings. The average molecular weight is 482 g/mol. The Morgan fingerprint density at radius 2 is 1.33 bits per heavy atom. The second-order valence-corrected chi connectivity index (χ2v) is 10.5. The largest absolute Gasteiger partial charge is 0.459 e. The summed E-state index contributed by atoms with van der Waals surface area (Å²) >= 11 is 0. The fourth-order valence-electron chi connectivity index (χ4n) is 5.40. The zero-order chi connectivity index (χ0) is 25.8. The molecule has 4 rings (SSSR count). The Kier molecular flexibility index (Phi) is 7.28. The third-order valence-electron chi connectivity index (χ3n) is 6.93. The van der Waals surface area contributed by atoms with Crippen LogP contribution in [0.2, 0.25) is 0 Å². The van der Waals surface area contributed by atoms with Gasteiger partial charge in [-0.25, -0.2) is 0 Å². The van der Waals surface area contributed by atoms with Gasteiger partial charge in [-0.2, -0.15) is 0 Å². The number of Topliss-reactive ketones (excluding diaryl/α,β-unsaturated/α-hetero) is 1. The number of carbonyl (C=O) groups excluding carboxylic acids is 2. The van der Waals surface area contributed by atoms with Gasteiger partial charge in [-0.1, -0.05) is 97.1 Å². The van der Waals surface area contributed by atoms with Crippen LogP contribution in [0, 0.1) is 5.41 Å². The number of ether oxygens (including phenoxy) is 1. The third-order valence-corrected chi connectivity index (χ3v) is 6.93. The van der Waals surface area contributed by atoms with Gasteiger partial charge < -0.3 is 4.74 Å². The summed E-state index contributed by atoms with van der Waals surface area (Å²) in [6.07, 6.45) is 2.15. The highest BCUT2D eigenvalue weighted by atomic mass is 16.6. The van der Waals surface area contributed by atoms with Crippen molar-refractivity contribution in [1.29, 1.82) is 0 Å². The van der Waals surface area contributed by atoms with Crippen molar-refractivity contribution in [3.8, 4) is 0 Å². The summed E-state index contributed by atoms with van der Waals surface area (Å²) in [5.41, 5.74) is 0.495. The Labute approximate surface area is 214 Å². The highest BCUT2D eigenvalue weighted by Crippen LogP contribution is 2.46. The van der Waals surface area contributed by atoms with Crippen LogP contribution in [0.4, 0.5) is 0 Å². The van der Waals surface area contributed by atoms with Crippen LogP contribution in [-0.4, -0.2) is 35.3 Å². The number of hydrogen-bond donors (Lipinski definition) is 0. The van der Waals surface area contributed by atoms with E-state index in [9.17, 15) is 9.59 Å². The first-order valence-corrected chi connectivity index (χ1v) is 12.5. The molecule has 0 radical (unpaired) electrons. The molecule has 1 saturated heterocycles. The summed E-state index contributed by atoms with van der Waals surface area (Å²) in [7, 11) is 0. The number of carbonyl (C=O) groups is 2. The zero-order valence-corrected chi connectivity index (χ0v) is 21.4. The molecule has 0 bridgehead atoms. The van der Waals surface area contributed by atoms with Crippen molar-refractivity contribution in [2.75, 3.05) is 13.1 Å². The maximum Gasteiger partial charge on any atom is 0.321 e. The van der Waals surface area contributed by atoms with Crippen LogP contribution >= 0.6 is 0 Å². The van der Waals surface area contributed by atoms with Gasteiger partial charge in [0.15, 0.2) is 5.78 Å². The van der Waals surface area contributed by atoms with Crippen molar-refractivity contribution in [2.24, 2.45) is 5.41 Å².